The van der Waals surface area contributed by atoms with Gasteiger partial charge in [0.15, 0.2) is 0 Å². The van der Waals surface area contributed by atoms with Gasteiger partial charge in [0.1, 0.15) is 23.7 Å². The van der Waals surface area contributed by atoms with Gasteiger partial charge in [-0.25, -0.2) is 19.6 Å². The van der Waals surface area contributed by atoms with Crippen LogP contribution in [-0.4, -0.2) is 114 Å². The Bertz CT molecular complexity index is 2390. The lowest BCUT2D eigenvalue weighted by Gasteiger charge is -2.31. The summed E-state index contributed by atoms with van der Waals surface area (Å²) in [6, 6.07) is 19.6. The lowest BCUT2D eigenvalue weighted by Crippen LogP contribution is -2.54. The highest BCUT2D eigenvalue weighted by Crippen LogP contribution is 2.40. The molecule has 0 aliphatic carbocycles. The van der Waals surface area contributed by atoms with Gasteiger partial charge in [-0.1, -0.05) is 87.6 Å². The smallest absolute Gasteiger partial charge is 0.407 e. The number of methoxy groups -OCH3 is 3. The van der Waals surface area contributed by atoms with E-state index in [0.29, 0.717) is 24.4 Å². The molecule has 4 amide bonds. The largest absolute Gasteiger partial charge is 0.453 e. The van der Waals surface area contributed by atoms with Crippen LogP contribution in [-0.2, 0) is 23.8 Å². The molecule has 2 saturated heterocycles. The lowest BCUT2D eigenvalue weighted by molar-refractivity contribution is -0.137. The summed E-state index contributed by atoms with van der Waals surface area (Å²) in [7, 11) is 2.26. The molecule has 0 bridgehead atoms. The molecule has 4 N–H and O–H groups in total. The number of benzene rings is 3. The summed E-state index contributed by atoms with van der Waals surface area (Å²) in [5.41, 5.74) is 5.78. The number of rotatable bonds is 12. The van der Waals surface area contributed by atoms with E-state index in [1.165, 1.54) is 21.3 Å². The van der Waals surface area contributed by atoms with E-state index in [2.05, 4.69) is 82.2 Å². The lowest BCUT2D eigenvalue weighted by atomic mass is 9.93. The maximum atomic E-state index is 14.0. The van der Waals surface area contributed by atoms with Gasteiger partial charge in [-0.2, -0.15) is 0 Å². The summed E-state index contributed by atoms with van der Waals surface area (Å²) in [6.45, 7) is 10.6. The second kappa shape index (κ2) is 17.9. The van der Waals surface area contributed by atoms with Crippen LogP contribution in [0.1, 0.15) is 57.3 Å². The zero-order valence-corrected chi connectivity index (χ0v) is 37.1. The van der Waals surface area contributed by atoms with Crippen LogP contribution in [0.2, 0.25) is 19.1 Å². The molecule has 5 aromatic rings. The number of ether oxygens (including phenoxy) is 3. The Morgan fingerprint density at radius 1 is 0.721 bits per heavy atom. The van der Waals surface area contributed by atoms with Crippen molar-refractivity contribution in [3.05, 3.63) is 84.7 Å². The molecule has 322 valence electrons. The van der Waals surface area contributed by atoms with Crippen LogP contribution in [0.4, 0.5) is 9.59 Å². The first-order valence-corrected chi connectivity index (χ1v) is 24.2. The zero-order chi connectivity index (χ0) is 43.6. The number of hydrogen-bond acceptors (Lipinski definition) is 9. The van der Waals surface area contributed by atoms with E-state index in [1.54, 1.807) is 6.92 Å². The first-order chi connectivity index (χ1) is 29.2. The molecule has 4 heterocycles. The van der Waals surface area contributed by atoms with E-state index in [-0.39, 0.29) is 29.8 Å². The van der Waals surface area contributed by atoms with Crippen molar-refractivity contribution < 1.29 is 33.4 Å². The topological polar surface area (TPSA) is 184 Å². The number of likely N-dealkylation sites (tertiary alicyclic amines) is 1. The first kappa shape index (κ1) is 43.1. The van der Waals surface area contributed by atoms with Crippen LogP contribution in [0, 0.1) is 5.92 Å². The van der Waals surface area contributed by atoms with Gasteiger partial charge in [0.2, 0.25) is 11.8 Å². The van der Waals surface area contributed by atoms with Crippen molar-refractivity contribution in [3.8, 4) is 33.6 Å². The summed E-state index contributed by atoms with van der Waals surface area (Å²) in [4.78, 5) is 72.2. The number of amides is 4. The maximum Gasteiger partial charge on any atom is 0.407 e. The van der Waals surface area contributed by atoms with Gasteiger partial charge in [-0.05, 0) is 59.2 Å². The van der Waals surface area contributed by atoms with Crippen molar-refractivity contribution >= 4 is 42.8 Å². The minimum Gasteiger partial charge on any atom is -0.453 e. The molecule has 2 aromatic heterocycles. The Labute approximate surface area is 357 Å². The van der Waals surface area contributed by atoms with Gasteiger partial charge in [0, 0.05) is 25.4 Å². The van der Waals surface area contributed by atoms with Gasteiger partial charge in [0.25, 0.3) is 0 Å². The molecule has 7 rings (SSSR count). The number of aromatic nitrogens is 4. The van der Waals surface area contributed by atoms with E-state index in [0.717, 1.165) is 63.3 Å². The Morgan fingerprint density at radius 3 is 1.92 bits per heavy atom. The highest BCUT2D eigenvalue weighted by Gasteiger charge is 2.46. The summed E-state index contributed by atoms with van der Waals surface area (Å²) < 4.78 is 15.1. The number of aromatic amines is 2. The van der Waals surface area contributed by atoms with E-state index >= 15 is 0 Å². The SMILES string of the molecule is COC(=O)N[C@H](C(=O)N1CCC[C@H]1c1ncc(-c2ccc(-c3ccc(-c4cnc([C@@H]5C[Si](C)(C)CN5C(=O)[C@@H](NC(=O)OC)C(C)OC)[nH]4)cc3)c3ccccc23)[nH]1)C(C)C. The molecule has 61 heavy (non-hydrogen) atoms. The number of carbonyl (C=O) groups is 4. The summed E-state index contributed by atoms with van der Waals surface area (Å²) in [5, 5.41) is 7.53. The van der Waals surface area contributed by atoms with Crippen molar-refractivity contribution in [1.82, 2.24) is 40.4 Å². The zero-order valence-electron chi connectivity index (χ0n) is 36.1. The molecule has 16 heteroatoms. The quantitative estimate of drug-likeness (QED) is 0.0942. The average Bonchev–Trinajstić information content (AvgIpc) is 4.10. The van der Waals surface area contributed by atoms with Crippen LogP contribution < -0.4 is 10.6 Å². The van der Waals surface area contributed by atoms with Crippen LogP contribution in [0.5, 0.6) is 0 Å². The van der Waals surface area contributed by atoms with Gasteiger partial charge >= 0.3 is 12.2 Å². The fourth-order valence-electron chi connectivity index (χ4n) is 8.73. The number of carbonyl (C=O) groups excluding carboxylic acids is 4. The van der Waals surface area contributed by atoms with E-state index in [9.17, 15) is 19.2 Å². The van der Waals surface area contributed by atoms with Crippen molar-refractivity contribution in [2.24, 2.45) is 5.92 Å². The molecule has 2 fully saturated rings. The molecule has 2 aliphatic rings. The second-order valence-corrected chi connectivity index (χ2v) is 22.2. The summed E-state index contributed by atoms with van der Waals surface area (Å²) >= 11 is 0. The fourth-order valence-corrected chi connectivity index (χ4v) is 11.6. The minimum absolute atomic E-state index is 0.121. The normalized spacial score (nSPS) is 18.8. The third kappa shape index (κ3) is 8.91. The minimum atomic E-state index is -1.81. The molecule has 1 unspecified atom stereocenters. The predicted octanol–water partition coefficient (Wildman–Crippen LogP) is 7.22. The molecular formula is C45H56N8O7Si. The standard InChI is InChI=1S/C45H56N8O7Si/c1-26(2)38(50-44(56)59-5)42(54)52-21-11-14-36(52)40-47-23-35(49-40)33-20-19-30(31-12-9-10-13-32(31)33)28-15-17-29(18-16-28)34-22-46-41(48-34)37-24-61(7,8)25-53(37)43(55)39(27(3)58-4)51-45(57)60-6/h9-10,12-13,15-20,22-23,26-27,36-39H,11,14,21,24-25H2,1-8H3,(H,46,48)(H,47,49)(H,50,56)(H,51,57)/t27?,36-,37-,38-,39-/m0/s1. The second-order valence-electron chi connectivity index (χ2n) is 17.1. The molecular weight excluding hydrogens is 793 g/mol. The van der Waals surface area contributed by atoms with Crippen LogP contribution in [0.25, 0.3) is 44.4 Å². The number of H-pyrrole nitrogens is 2. The van der Waals surface area contributed by atoms with E-state index in [1.807, 2.05) is 48.2 Å². The van der Waals surface area contributed by atoms with Gasteiger partial charge in [-0.15, -0.1) is 0 Å². The number of hydrogen-bond donors (Lipinski definition) is 4. The molecule has 3 aromatic carbocycles. The van der Waals surface area contributed by atoms with Crippen molar-refractivity contribution in [3.63, 3.8) is 0 Å². The summed E-state index contributed by atoms with van der Waals surface area (Å²) in [6.07, 6.45) is 3.98. The van der Waals surface area contributed by atoms with Gasteiger partial charge < -0.3 is 44.6 Å². The van der Waals surface area contributed by atoms with Gasteiger partial charge in [0.05, 0.1) is 64.3 Å². The third-order valence-electron chi connectivity index (χ3n) is 12.0. The molecule has 15 nitrogen and oxygen atoms in total. The van der Waals surface area contributed by atoms with Crippen LogP contribution >= 0.6 is 0 Å². The molecule has 2 aliphatic heterocycles. The number of nitrogens with zero attached hydrogens (tertiary/aromatic N) is 4. The molecule has 0 radical (unpaired) electrons. The monoisotopic (exact) mass is 848 g/mol. The van der Waals surface area contributed by atoms with Crippen LogP contribution in [0.15, 0.2) is 73.1 Å². The Kier molecular flexibility index (Phi) is 12.7. The fraction of sp³-hybridized carbons (Fsp3) is 0.422. The Morgan fingerprint density at radius 2 is 1.28 bits per heavy atom. The van der Waals surface area contributed by atoms with Crippen molar-refractivity contribution in [2.45, 2.75) is 83.0 Å². The number of fused-ring (bicyclic) bond motifs is 1. The van der Waals surface area contributed by atoms with E-state index in [4.69, 9.17) is 24.2 Å². The highest BCUT2D eigenvalue weighted by molar-refractivity contribution is 6.78. The maximum absolute atomic E-state index is 14.0. The van der Waals surface area contributed by atoms with Crippen molar-refractivity contribution in [1.29, 1.82) is 0 Å². The first-order valence-electron chi connectivity index (χ1n) is 20.8. The van der Waals surface area contributed by atoms with Gasteiger partial charge in [-0.3, -0.25) is 9.59 Å². The number of nitrogens with one attached hydrogen (secondary N) is 4. The summed E-state index contributed by atoms with van der Waals surface area (Å²) in [5.74, 6) is 0.924. The number of imidazole rings is 2. The van der Waals surface area contributed by atoms with Crippen LogP contribution in [0.3, 0.4) is 0 Å². The average molecular weight is 849 g/mol. The van der Waals surface area contributed by atoms with Crippen molar-refractivity contribution in [2.75, 3.05) is 34.0 Å². The number of alkyl carbamates (subject to hydrolysis) is 2. The molecule has 5 atom stereocenters. The van der Waals surface area contributed by atoms with E-state index < -0.39 is 38.4 Å². The molecule has 0 saturated carbocycles. The Hall–Kier alpha value is -6.00. The third-order valence-corrected chi connectivity index (χ3v) is 14.7. The Balaban J connectivity index is 1.11. The predicted molar refractivity (Wildman–Crippen MR) is 235 cm³/mol. The highest BCUT2D eigenvalue weighted by atomic mass is 28.3. The molecule has 0 spiro atoms.